The molecule has 4 rings (SSSR count). The number of benzene rings is 3. The molecular formula is C32H37N3O4. The maximum atomic E-state index is 13.6. The van der Waals surface area contributed by atoms with Crippen LogP contribution in [0.2, 0.25) is 0 Å². The number of amides is 1. The molecule has 1 aliphatic carbocycles. The highest BCUT2D eigenvalue weighted by Crippen LogP contribution is 2.37. The van der Waals surface area contributed by atoms with E-state index < -0.39 is 6.09 Å². The quantitative estimate of drug-likeness (QED) is 0.192. The number of anilines is 3. The van der Waals surface area contributed by atoms with Crippen molar-refractivity contribution in [1.82, 2.24) is 5.32 Å². The summed E-state index contributed by atoms with van der Waals surface area (Å²) in [5.74, 6) is -0.310. The van der Waals surface area contributed by atoms with Crippen molar-refractivity contribution in [3.8, 4) is 0 Å². The topological polar surface area (TPSA) is 96.5 Å². The molecular weight excluding hydrogens is 490 g/mol. The van der Waals surface area contributed by atoms with Gasteiger partial charge in [0, 0.05) is 34.6 Å². The molecule has 1 amide bonds. The summed E-state index contributed by atoms with van der Waals surface area (Å²) in [5, 5.41) is 9.51. The second-order valence-corrected chi connectivity index (χ2v) is 11.0. The Morgan fingerprint density at radius 1 is 0.769 bits per heavy atom. The van der Waals surface area contributed by atoms with E-state index in [9.17, 15) is 14.4 Å². The molecule has 0 bridgehead atoms. The number of carbonyl (C=O) groups is 3. The highest BCUT2D eigenvalue weighted by molar-refractivity contribution is 6.32. The zero-order chi connectivity index (χ0) is 28.0. The van der Waals surface area contributed by atoms with E-state index in [4.69, 9.17) is 4.74 Å². The molecule has 0 radical (unpaired) electrons. The van der Waals surface area contributed by atoms with Gasteiger partial charge in [-0.05, 0) is 71.2 Å². The third-order valence-corrected chi connectivity index (χ3v) is 6.50. The summed E-state index contributed by atoms with van der Waals surface area (Å²) < 4.78 is 5.23. The number of ether oxygens (including phenoxy) is 1. The molecule has 0 saturated carbocycles. The van der Waals surface area contributed by atoms with Gasteiger partial charge in [0.2, 0.25) is 0 Å². The van der Waals surface area contributed by atoms with Crippen LogP contribution in [0.15, 0.2) is 60.7 Å². The summed E-state index contributed by atoms with van der Waals surface area (Å²) in [6.07, 6.45) is 3.14. The van der Waals surface area contributed by atoms with Crippen molar-refractivity contribution in [2.75, 3.05) is 23.8 Å². The second-order valence-electron chi connectivity index (χ2n) is 11.0. The molecule has 0 spiro atoms. The van der Waals surface area contributed by atoms with Crippen LogP contribution >= 0.6 is 0 Å². The number of hydrogen-bond donors (Lipinski definition) is 3. The number of ketones is 2. The fraction of sp³-hybridized carbons (Fsp3) is 0.344. The first-order chi connectivity index (χ1) is 18.6. The lowest BCUT2D eigenvalue weighted by Gasteiger charge is -2.24. The van der Waals surface area contributed by atoms with Gasteiger partial charge in [0.1, 0.15) is 0 Å². The number of fused-ring (bicyclic) bond motifs is 2. The smallest absolute Gasteiger partial charge is 0.407 e. The van der Waals surface area contributed by atoms with Gasteiger partial charge in [-0.15, -0.1) is 0 Å². The van der Waals surface area contributed by atoms with Crippen molar-refractivity contribution in [2.24, 2.45) is 0 Å². The van der Waals surface area contributed by atoms with E-state index in [1.807, 2.05) is 64.1 Å². The minimum atomic E-state index is -0.393. The van der Waals surface area contributed by atoms with E-state index in [1.165, 1.54) is 0 Å². The molecule has 7 nitrogen and oxygen atoms in total. The average molecular weight is 528 g/mol. The van der Waals surface area contributed by atoms with Crippen molar-refractivity contribution in [2.45, 2.75) is 58.9 Å². The molecule has 7 heteroatoms. The van der Waals surface area contributed by atoms with Gasteiger partial charge in [-0.1, -0.05) is 48.4 Å². The van der Waals surface area contributed by atoms with E-state index in [0.717, 1.165) is 36.9 Å². The summed E-state index contributed by atoms with van der Waals surface area (Å²) in [7, 11) is 0. The second kappa shape index (κ2) is 12.2. The lowest BCUT2D eigenvalue weighted by atomic mass is 9.82. The monoisotopic (exact) mass is 527 g/mol. The van der Waals surface area contributed by atoms with Gasteiger partial charge < -0.3 is 20.7 Å². The van der Waals surface area contributed by atoms with Crippen LogP contribution in [0.25, 0.3) is 0 Å². The molecule has 0 aromatic heterocycles. The van der Waals surface area contributed by atoms with Gasteiger partial charge in [0.05, 0.1) is 23.4 Å². The Morgan fingerprint density at radius 3 is 2.00 bits per heavy atom. The van der Waals surface area contributed by atoms with Crippen molar-refractivity contribution in [3.05, 3.63) is 88.5 Å². The lowest BCUT2D eigenvalue weighted by molar-refractivity contribution is 0.0980. The average Bonchev–Trinajstić information content (AvgIpc) is 2.89. The summed E-state index contributed by atoms with van der Waals surface area (Å²) in [6, 6.07) is 18.6. The number of aryl methyl sites for hydroxylation is 1. The molecule has 0 unspecified atom stereocenters. The molecule has 3 N–H and O–H groups in total. The number of rotatable bonds is 10. The van der Waals surface area contributed by atoms with Crippen LogP contribution in [0.3, 0.4) is 0 Å². The Balaban J connectivity index is 1.41. The van der Waals surface area contributed by atoms with Crippen molar-refractivity contribution < 1.29 is 19.1 Å². The minimum Gasteiger partial charge on any atom is -0.450 e. The zero-order valence-corrected chi connectivity index (χ0v) is 23.1. The zero-order valence-electron chi connectivity index (χ0n) is 23.1. The summed E-state index contributed by atoms with van der Waals surface area (Å²) in [4.78, 5) is 39.0. The third-order valence-electron chi connectivity index (χ3n) is 6.50. The van der Waals surface area contributed by atoms with E-state index in [1.54, 1.807) is 24.3 Å². The molecule has 0 aliphatic heterocycles. The molecule has 3 aromatic carbocycles. The number of nitrogens with one attached hydrogen (secondary N) is 3. The summed E-state index contributed by atoms with van der Waals surface area (Å²) in [5.41, 5.74) is 4.62. The van der Waals surface area contributed by atoms with Crippen LogP contribution in [0.1, 0.15) is 83.9 Å². The van der Waals surface area contributed by atoms with E-state index in [2.05, 4.69) is 16.0 Å². The van der Waals surface area contributed by atoms with Gasteiger partial charge in [-0.2, -0.15) is 0 Å². The Hall–Kier alpha value is -4.13. The Labute approximate surface area is 230 Å². The largest absolute Gasteiger partial charge is 0.450 e. The first-order valence-corrected chi connectivity index (χ1v) is 13.5. The fourth-order valence-corrected chi connectivity index (χ4v) is 4.58. The minimum absolute atomic E-state index is 0.152. The van der Waals surface area contributed by atoms with Crippen molar-refractivity contribution >= 4 is 34.7 Å². The highest BCUT2D eigenvalue weighted by atomic mass is 16.5. The normalized spacial score (nSPS) is 12.4. The van der Waals surface area contributed by atoms with Crippen molar-refractivity contribution in [3.63, 3.8) is 0 Å². The first-order valence-electron chi connectivity index (χ1n) is 13.5. The number of hydrogen-bond acceptors (Lipinski definition) is 6. The molecule has 39 heavy (non-hydrogen) atoms. The van der Waals surface area contributed by atoms with Crippen LogP contribution in [-0.2, 0) is 4.74 Å². The molecule has 1 aliphatic rings. The Bertz CT molecular complexity index is 1360. The van der Waals surface area contributed by atoms with E-state index >= 15 is 0 Å². The van der Waals surface area contributed by atoms with Crippen LogP contribution in [0.4, 0.5) is 21.9 Å². The standard InChI is InChI=1S/C32H37N3O4/c1-21-13-15-22(16-14-21)34-26-18-17-25(27-28(26)30(37)24-12-8-7-11-23(24)29(27)36)33-19-9-5-6-10-20-39-31(38)35-32(2,3)4/h7-8,11-18,33-34H,5-6,9-10,19-20H2,1-4H3,(H,35,38). The van der Waals surface area contributed by atoms with E-state index in [-0.39, 0.29) is 17.1 Å². The number of alkyl carbamates (subject to hydrolysis) is 1. The van der Waals surface area contributed by atoms with E-state index in [0.29, 0.717) is 46.8 Å². The molecule has 0 atom stereocenters. The maximum Gasteiger partial charge on any atom is 0.407 e. The fourth-order valence-electron chi connectivity index (χ4n) is 4.58. The van der Waals surface area contributed by atoms with Crippen LogP contribution in [0, 0.1) is 6.92 Å². The Morgan fingerprint density at radius 2 is 1.36 bits per heavy atom. The number of carbonyl (C=O) groups excluding carboxylic acids is 3. The molecule has 204 valence electrons. The van der Waals surface area contributed by atoms with Crippen LogP contribution in [0.5, 0.6) is 0 Å². The van der Waals surface area contributed by atoms with Gasteiger partial charge in [0.25, 0.3) is 0 Å². The van der Waals surface area contributed by atoms with Gasteiger partial charge in [-0.3, -0.25) is 9.59 Å². The predicted molar refractivity (Wildman–Crippen MR) is 155 cm³/mol. The molecule has 3 aromatic rings. The summed E-state index contributed by atoms with van der Waals surface area (Å²) >= 11 is 0. The first kappa shape index (κ1) is 27.9. The third kappa shape index (κ3) is 7.05. The predicted octanol–water partition coefficient (Wildman–Crippen LogP) is 7.01. The molecule has 0 fully saturated rings. The van der Waals surface area contributed by atoms with Crippen molar-refractivity contribution in [1.29, 1.82) is 0 Å². The van der Waals surface area contributed by atoms with Crippen LogP contribution < -0.4 is 16.0 Å². The van der Waals surface area contributed by atoms with Gasteiger partial charge in [-0.25, -0.2) is 4.79 Å². The molecule has 0 saturated heterocycles. The highest BCUT2D eigenvalue weighted by Gasteiger charge is 2.33. The van der Waals surface area contributed by atoms with Gasteiger partial charge in [0.15, 0.2) is 11.6 Å². The SMILES string of the molecule is Cc1ccc(Nc2ccc(NCCCCCCOC(=O)NC(C)(C)C)c3c2C(=O)c2ccccc2C3=O)cc1. The lowest BCUT2D eigenvalue weighted by Crippen LogP contribution is -2.41. The number of unbranched alkanes of at least 4 members (excludes halogenated alkanes) is 3. The summed E-state index contributed by atoms with van der Waals surface area (Å²) in [6.45, 7) is 8.80. The Kier molecular flexibility index (Phi) is 8.69. The van der Waals surface area contributed by atoms with Gasteiger partial charge >= 0.3 is 6.09 Å². The maximum absolute atomic E-state index is 13.6. The molecule has 0 heterocycles. The van der Waals surface area contributed by atoms with Crippen LogP contribution in [-0.4, -0.2) is 36.4 Å².